The third-order valence-corrected chi connectivity index (χ3v) is 4.33. The number of benzene rings is 1. The zero-order chi connectivity index (χ0) is 15.1. The molecule has 1 unspecified atom stereocenters. The highest BCUT2D eigenvalue weighted by Crippen LogP contribution is 2.15. The Hall–Kier alpha value is -1.06. The summed E-state index contributed by atoms with van der Waals surface area (Å²) >= 11 is 0. The maximum atomic E-state index is 3.62. The molecule has 0 amide bonds. The van der Waals surface area contributed by atoms with Crippen LogP contribution in [0.2, 0.25) is 0 Å². The van der Waals surface area contributed by atoms with Crippen molar-refractivity contribution in [2.45, 2.75) is 45.2 Å². The Kier molecular flexibility index (Phi) is 6.52. The lowest BCUT2D eigenvalue weighted by Crippen LogP contribution is -2.37. The number of anilines is 1. The normalized spacial score (nSPS) is 18.4. The van der Waals surface area contributed by atoms with Crippen LogP contribution in [0.5, 0.6) is 0 Å². The SMILES string of the molecule is CCCCN(Cc1ccc(N(C)C)cc1)CC1CCCN1. The van der Waals surface area contributed by atoms with E-state index in [1.165, 1.54) is 56.6 Å². The summed E-state index contributed by atoms with van der Waals surface area (Å²) in [5.74, 6) is 0. The molecule has 1 aromatic carbocycles. The lowest BCUT2D eigenvalue weighted by atomic mass is 10.1. The van der Waals surface area contributed by atoms with Gasteiger partial charge in [-0.1, -0.05) is 25.5 Å². The standard InChI is InChI=1S/C18H31N3/c1-4-5-13-21(15-17-7-6-12-19-17)14-16-8-10-18(11-9-16)20(2)3/h8-11,17,19H,4-7,12-15H2,1-3H3. The van der Waals surface area contributed by atoms with Crippen molar-refractivity contribution < 1.29 is 0 Å². The molecule has 0 saturated carbocycles. The Bertz CT molecular complexity index is 393. The minimum Gasteiger partial charge on any atom is -0.378 e. The molecular formula is C18H31N3. The third kappa shape index (κ3) is 5.33. The van der Waals surface area contributed by atoms with E-state index in [0.29, 0.717) is 6.04 Å². The number of rotatable bonds is 8. The van der Waals surface area contributed by atoms with Gasteiger partial charge in [0.05, 0.1) is 0 Å². The van der Waals surface area contributed by atoms with Crippen molar-refractivity contribution in [1.29, 1.82) is 0 Å². The second kappa shape index (κ2) is 8.40. The summed E-state index contributed by atoms with van der Waals surface area (Å²) in [7, 11) is 4.18. The molecule has 0 aliphatic carbocycles. The highest BCUT2D eigenvalue weighted by molar-refractivity contribution is 5.45. The van der Waals surface area contributed by atoms with Crippen molar-refractivity contribution in [3.63, 3.8) is 0 Å². The Morgan fingerprint density at radius 3 is 2.52 bits per heavy atom. The smallest absolute Gasteiger partial charge is 0.0361 e. The predicted molar refractivity (Wildman–Crippen MR) is 92.0 cm³/mol. The fourth-order valence-electron chi connectivity index (χ4n) is 3.00. The Morgan fingerprint density at radius 1 is 1.19 bits per heavy atom. The fourth-order valence-corrected chi connectivity index (χ4v) is 3.00. The van der Waals surface area contributed by atoms with Gasteiger partial charge in [-0.05, 0) is 50.0 Å². The van der Waals surface area contributed by atoms with Gasteiger partial charge in [0.2, 0.25) is 0 Å². The van der Waals surface area contributed by atoms with E-state index >= 15 is 0 Å². The Morgan fingerprint density at radius 2 is 1.95 bits per heavy atom. The number of hydrogen-bond donors (Lipinski definition) is 1. The maximum absolute atomic E-state index is 3.62. The van der Waals surface area contributed by atoms with E-state index in [9.17, 15) is 0 Å². The van der Waals surface area contributed by atoms with Gasteiger partial charge in [0.1, 0.15) is 0 Å². The van der Waals surface area contributed by atoms with Gasteiger partial charge in [-0.2, -0.15) is 0 Å². The van der Waals surface area contributed by atoms with E-state index in [2.05, 4.69) is 60.4 Å². The average molecular weight is 289 g/mol. The summed E-state index contributed by atoms with van der Waals surface area (Å²) in [5.41, 5.74) is 2.70. The van der Waals surface area contributed by atoms with Crippen LogP contribution >= 0.6 is 0 Å². The van der Waals surface area contributed by atoms with Crippen LogP contribution < -0.4 is 10.2 Å². The summed E-state index contributed by atoms with van der Waals surface area (Å²) in [6.45, 7) is 6.95. The second-order valence-electron chi connectivity index (χ2n) is 6.44. The van der Waals surface area contributed by atoms with Crippen LogP contribution in [0.4, 0.5) is 5.69 Å². The van der Waals surface area contributed by atoms with Crippen molar-refractivity contribution in [2.24, 2.45) is 0 Å². The molecule has 2 rings (SSSR count). The Balaban J connectivity index is 1.92. The summed E-state index contributed by atoms with van der Waals surface area (Å²) < 4.78 is 0. The van der Waals surface area contributed by atoms with E-state index in [1.807, 2.05) is 0 Å². The van der Waals surface area contributed by atoms with Crippen molar-refractivity contribution >= 4 is 5.69 Å². The van der Waals surface area contributed by atoms with Crippen LogP contribution in [-0.2, 0) is 6.54 Å². The van der Waals surface area contributed by atoms with Gasteiger partial charge in [-0.3, -0.25) is 4.90 Å². The molecule has 1 N–H and O–H groups in total. The van der Waals surface area contributed by atoms with Crippen LogP contribution in [0, 0.1) is 0 Å². The van der Waals surface area contributed by atoms with Gasteiger partial charge in [0.15, 0.2) is 0 Å². The molecule has 0 radical (unpaired) electrons. The predicted octanol–water partition coefficient (Wildman–Crippen LogP) is 3.11. The molecule has 3 heteroatoms. The molecule has 1 saturated heterocycles. The van der Waals surface area contributed by atoms with Gasteiger partial charge in [0, 0.05) is 38.9 Å². The number of hydrogen-bond acceptors (Lipinski definition) is 3. The van der Waals surface area contributed by atoms with E-state index in [-0.39, 0.29) is 0 Å². The van der Waals surface area contributed by atoms with Crippen molar-refractivity contribution in [3.05, 3.63) is 29.8 Å². The van der Waals surface area contributed by atoms with Gasteiger partial charge in [-0.25, -0.2) is 0 Å². The zero-order valence-electron chi connectivity index (χ0n) is 13.9. The largest absolute Gasteiger partial charge is 0.378 e. The first-order valence-electron chi connectivity index (χ1n) is 8.41. The second-order valence-corrected chi connectivity index (χ2v) is 6.44. The molecule has 1 aliphatic rings. The van der Waals surface area contributed by atoms with Gasteiger partial charge in [0.25, 0.3) is 0 Å². The molecular weight excluding hydrogens is 258 g/mol. The van der Waals surface area contributed by atoms with E-state index < -0.39 is 0 Å². The molecule has 0 spiro atoms. The highest BCUT2D eigenvalue weighted by atomic mass is 15.2. The number of nitrogens with one attached hydrogen (secondary N) is 1. The summed E-state index contributed by atoms with van der Waals surface area (Å²) in [4.78, 5) is 4.78. The van der Waals surface area contributed by atoms with Gasteiger partial charge >= 0.3 is 0 Å². The van der Waals surface area contributed by atoms with Gasteiger partial charge < -0.3 is 10.2 Å². The molecule has 0 bridgehead atoms. The lowest BCUT2D eigenvalue weighted by molar-refractivity contribution is 0.237. The summed E-state index contributed by atoms with van der Waals surface area (Å²) in [6, 6.07) is 9.69. The first-order chi connectivity index (χ1) is 10.2. The minimum atomic E-state index is 0.697. The average Bonchev–Trinajstić information content (AvgIpc) is 2.98. The van der Waals surface area contributed by atoms with Gasteiger partial charge in [-0.15, -0.1) is 0 Å². The molecule has 1 aromatic rings. The Labute approximate surface area is 130 Å². The molecule has 21 heavy (non-hydrogen) atoms. The van der Waals surface area contributed by atoms with E-state index in [0.717, 1.165) is 6.54 Å². The van der Waals surface area contributed by atoms with Crippen molar-refractivity contribution in [2.75, 3.05) is 38.6 Å². The molecule has 1 atom stereocenters. The molecule has 1 aliphatic heterocycles. The van der Waals surface area contributed by atoms with E-state index in [4.69, 9.17) is 0 Å². The lowest BCUT2D eigenvalue weighted by Gasteiger charge is -2.26. The van der Waals surface area contributed by atoms with Crippen LogP contribution in [0.3, 0.4) is 0 Å². The fraction of sp³-hybridized carbons (Fsp3) is 0.667. The summed E-state index contributed by atoms with van der Waals surface area (Å²) in [5, 5.41) is 3.62. The minimum absolute atomic E-state index is 0.697. The highest BCUT2D eigenvalue weighted by Gasteiger charge is 2.17. The van der Waals surface area contributed by atoms with Crippen molar-refractivity contribution in [3.8, 4) is 0 Å². The maximum Gasteiger partial charge on any atom is 0.0361 e. The third-order valence-electron chi connectivity index (χ3n) is 4.33. The summed E-state index contributed by atoms with van der Waals surface area (Å²) in [6.07, 6.45) is 5.24. The van der Waals surface area contributed by atoms with Crippen LogP contribution in [0.15, 0.2) is 24.3 Å². The molecule has 1 fully saturated rings. The molecule has 3 nitrogen and oxygen atoms in total. The monoisotopic (exact) mass is 289 g/mol. The first-order valence-corrected chi connectivity index (χ1v) is 8.41. The topological polar surface area (TPSA) is 18.5 Å². The first kappa shape index (κ1) is 16.3. The molecule has 1 heterocycles. The molecule has 0 aromatic heterocycles. The van der Waals surface area contributed by atoms with Crippen LogP contribution in [0.25, 0.3) is 0 Å². The van der Waals surface area contributed by atoms with Crippen LogP contribution in [-0.4, -0.2) is 44.7 Å². The quantitative estimate of drug-likeness (QED) is 0.793. The molecule has 118 valence electrons. The van der Waals surface area contributed by atoms with Crippen LogP contribution in [0.1, 0.15) is 38.2 Å². The zero-order valence-corrected chi connectivity index (χ0v) is 13.9. The van der Waals surface area contributed by atoms with Crippen molar-refractivity contribution in [1.82, 2.24) is 10.2 Å². The number of nitrogens with zero attached hydrogens (tertiary/aromatic N) is 2. The van der Waals surface area contributed by atoms with E-state index in [1.54, 1.807) is 0 Å². The number of unbranched alkanes of at least 4 members (excludes halogenated alkanes) is 1.